The third kappa shape index (κ3) is 4.08. The van der Waals surface area contributed by atoms with Crippen LogP contribution in [-0.2, 0) is 21.3 Å². The number of ether oxygens (including phenoxy) is 2. The molecule has 3 rings (SSSR count). The van der Waals surface area contributed by atoms with Gasteiger partial charge in [-0.3, -0.25) is 4.90 Å². The van der Waals surface area contributed by atoms with Crippen molar-refractivity contribution in [3.63, 3.8) is 0 Å². The zero-order valence-electron chi connectivity index (χ0n) is 14.3. The standard InChI is InChI=1S/C17H26N2O4S/c1-22-16-5-3-4-14(10-16)11-19-12-17(13-19)15(7-9-23-17)6-8-18-24(2,20)21/h3-5,10,15,18H,6-9,11-13H2,1-2H3/t15-/m0/s1. The van der Waals surface area contributed by atoms with Gasteiger partial charge >= 0.3 is 0 Å². The maximum Gasteiger partial charge on any atom is 0.208 e. The summed E-state index contributed by atoms with van der Waals surface area (Å²) in [6.07, 6.45) is 3.05. The van der Waals surface area contributed by atoms with Crippen LogP contribution in [0, 0.1) is 5.92 Å². The van der Waals surface area contributed by atoms with E-state index in [4.69, 9.17) is 9.47 Å². The molecule has 0 radical (unpaired) electrons. The molecule has 1 N–H and O–H groups in total. The Morgan fingerprint density at radius 1 is 1.42 bits per heavy atom. The monoisotopic (exact) mass is 354 g/mol. The van der Waals surface area contributed by atoms with Gasteiger partial charge in [-0.15, -0.1) is 0 Å². The fraction of sp³-hybridized carbons (Fsp3) is 0.647. The van der Waals surface area contributed by atoms with E-state index < -0.39 is 10.0 Å². The summed E-state index contributed by atoms with van der Waals surface area (Å²) >= 11 is 0. The molecule has 1 spiro atoms. The van der Waals surface area contributed by atoms with E-state index in [1.807, 2.05) is 12.1 Å². The number of rotatable bonds is 7. The summed E-state index contributed by atoms with van der Waals surface area (Å²) in [5.74, 6) is 1.30. The van der Waals surface area contributed by atoms with Crippen LogP contribution in [0.4, 0.5) is 0 Å². The normalized spacial score (nSPS) is 23.3. The average Bonchev–Trinajstić information content (AvgIpc) is 2.90. The smallest absolute Gasteiger partial charge is 0.208 e. The van der Waals surface area contributed by atoms with Crippen LogP contribution in [0.15, 0.2) is 24.3 Å². The Labute approximate surface area is 144 Å². The van der Waals surface area contributed by atoms with Crippen LogP contribution in [-0.4, -0.2) is 58.5 Å². The van der Waals surface area contributed by atoms with Crippen LogP contribution >= 0.6 is 0 Å². The van der Waals surface area contributed by atoms with Crippen molar-refractivity contribution in [2.75, 3.05) is 39.6 Å². The summed E-state index contributed by atoms with van der Waals surface area (Å²) < 4.78 is 36.3. The second kappa shape index (κ2) is 7.00. The predicted molar refractivity (Wildman–Crippen MR) is 92.5 cm³/mol. The highest BCUT2D eigenvalue weighted by Crippen LogP contribution is 2.42. The van der Waals surface area contributed by atoms with E-state index in [1.165, 1.54) is 11.8 Å². The third-order valence-electron chi connectivity index (χ3n) is 4.98. The highest BCUT2D eigenvalue weighted by atomic mass is 32.2. The summed E-state index contributed by atoms with van der Waals surface area (Å²) in [7, 11) is -1.43. The van der Waals surface area contributed by atoms with Crippen LogP contribution in [0.2, 0.25) is 0 Å². The fourth-order valence-electron chi connectivity index (χ4n) is 3.81. The van der Waals surface area contributed by atoms with Crippen molar-refractivity contribution in [1.29, 1.82) is 0 Å². The molecule has 24 heavy (non-hydrogen) atoms. The van der Waals surface area contributed by atoms with Gasteiger partial charge in [0.2, 0.25) is 10.0 Å². The van der Waals surface area contributed by atoms with Crippen molar-refractivity contribution in [1.82, 2.24) is 9.62 Å². The zero-order chi connectivity index (χ0) is 17.2. The molecule has 2 aliphatic heterocycles. The Hall–Kier alpha value is -1.15. The number of hydrogen-bond donors (Lipinski definition) is 1. The minimum atomic E-state index is -3.11. The molecule has 0 unspecified atom stereocenters. The molecular weight excluding hydrogens is 328 g/mol. The minimum Gasteiger partial charge on any atom is -0.497 e. The molecule has 0 amide bonds. The number of hydrogen-bond acceptors (Lipinski definition) is 5. The zero-order valence-corrected chi connectivity index (χ0v) is 15.1. The van der Waals surface area contributed by atoms with Gasteiger partial charge < -0.3 is 9.47 Å². The van der Waals surface area contributed by atoms with Crippen molar-refractivity contribution in [2.24, 2.45) is 5.92 Å². The number of sulfonamides is 1. The Kier molecular flexibility index (Phi) is 5.15. The second-order valence-corrected chi connectivity index (χ2v) is 8.68. The molecule has 1 aromatic carbocycles. The molecule has 0 saturated carbocycles. The average molecular weight is 354 g/mol. The van der Waals surface area contributed by atoms with Crippen molar-refractivity contribution < 1.29 is 17.9 Å². The third-order valence-corrected chi connectivity index (χ3v) is 5.71. The SMILES string of the molecule is COc1cccc(CN2CC3(C2)OCC[C@@H]3CCNS(C)(=O)=O)c1. The first-order valence-corrected chi connectivity index (χ1v) is 10.2. The quantitative estimate of drug-likeness (QED) is 0.798. The van der Waals surface area contributed by atoms with Gasteiger partial charge in [-0.2, -0.15) is 0 Å². The number of nitrogens with one attached hydrogen (secondary N) is 1. The molecule has 2 heterocycles. The van der Waals surface area contributed by atoms with Crippen molar-refractivity contribution in [3.05, 3.63) is 29.8 Å². The fourth-order valence-corrected chi connectivity index (χ4v) is 4.30. The summed E-state index contributed by atoms with van der Waals surface area (Å²) in [4.78, 5) is 2.37. The Bertz CT molecular complexity index is 671. The second-order valence-electron chi connectivity index (χ2n) is 6.85. The lowest BCUT2D eigenvalue weighted by Crippen LogP contribution is -2.64. The summed E-state index contributed by atoms with van der Waals surface area (Å²) in [5, 5.41) is 0. The topological polar surface area (TPSA) is 67.9 Å². The van der Waals surface area contributed by atoms with Crippen LogP contribution < -0.4 is 9.46 Å². The number of nitrogens with zero attached hydrogens (tertiary/aromatic N) is 1. The van der Waals surface area contributed by atoms with Gasteiger partial charge in [0.05, 0.1) is 19.0 Å². The highest BCUT2D eigenvalue weighted by Gasteiger charge is 2.52. The summed E-state index contributed by atoms with van der Waals surface area (Å²) in [6, 6.07) is 8.13. The van der Waals surface area contributed by atoms with Gasteiger partial charge in [0.25, 0.3) is 0 Å². The summed E-state index contributed by atoms with van der Waals surface area (Å²) in [6.45, 7) is 3.97. The molecule has 6 nitrogen and oxygen atoms in total. The first-order valence-electron chi connectivity index (χ1n) is 8.34. The van der Waals surface area contributed by atoms with Gasteiger partial charge in [-0.05, 0) is 36.5 Å². The lowest BCUT2D eigenvalue weighted by atomic mass is 9.79. The van der Waals surface area contributed by atoms with E-state index in [9.17, 15) is 8.42 Å². The molecule has 1 atom stereocenters. The van der Waals surface area contributed by atoms with Crippen molar-refractivity contribution in [2.45, 2.75) is 25.0 Å². The molecule has 0 aliphatic carbocycles. The first-order chi connectivity index (χ1) is 11.4. The lowest BCUT2D eigenvalue weighted by Gasteiger charge is -2.50. The first kappa shape index (κ1) is 17.7. The Morgan fingerprint density at radius 3 is 2.92 bits per heavy atom. The molecule has 0 aromatic heterocycles. The van der Waals surface area contributed by atoms with E-state index in [-0.39, 0.29) is 5.60 Å². The van der Waals surface area contributed by atoms with Crippen LogP contribution in [0.5, 0.6) is 5.75 Å². The molecule has 2 fully saturated rings. The van der Waals surface area contributed by atoms with E-state index in [0.29, 0.717) is 12.5 Å². The van der Waals surface area contributed by atoms with E-state index in [1.54, 1.807) is 7.11 Å². The van der Waals surface area contributed by atoms with E-state index >= 15 is 0 Å². The maximum atomic E-state index is 11.2. The Balaban J connectivity index is 1.51. The predicted octanol–water partition coefficient (Wildman–Crippen LogP) is 1.23. The van der Waals surface area contributed by atoms with Gasteiger partial charge in [-0.25, -0.2) is 13.1 Å². The molecule has 134 valence electrons. The van der Waals surface area contributed by atoms with Crippen molar-refractivity contribution in [3.8, 4) is 5.75 Å². The Morgan fingerprint density at radius 2 is 2.21 bits per heavy atom. The van der Waals surface area contributed by atoms with E-state index in [0.717, 1.165) is 44.8 Å². The molecule has 7 heteroatoms. The van der Waals surface area contributed by atoms with Crippen LogP contribution in [0.3, 0.4) is 0 Å². The van der Waals surface area contributed by atoms with Gasteiger partial charge in [0.1, 0.15) is 5.75 Å². The number of benzene rings is 1. The number of methoxy groups -OCH3 is 1. The van der Waals surface area contributed by atoms with Crippen LogP contribution in [0.25, 0.3) is 0 Å². The van der Waals surface area contributed by atoms with Crippen LogP contribution in [0.1, 0.15) is 18.4 Å². The summed E-state index contributed by atoms with van der Waals surface area (Å²) in [5.41, 5.74) is 1.15. The largest absolute Gasteiger partial charge is 0.497 e. The van der Waals surface area contributed by atoms with Gasteiger partial charge in [0, 0.05) is 32.8 Å². The van der Waals surface area contributed by atoms with Gasteiger partial charge in [-0.1, -0.05) is 12.1 Å². The molecule has 0 bridgehead atoms. The lowest BCUT2D eigenvalue weighted by molar-refractivity contribution is -0.136. The maximum absolute atomic E-state index is 11.2. The number of likely N-dealkylation sites (tertiary alicyclic amines) is 1. The molecule has 2 saturated heterocycles. The highest BCUT2D eigenvalue weighted by molar-refractivity contribution is 7.88. The molecular formula is C17H26N2O4S. The van der Waals surface area contributed by atoms with Gasteiger partial charge in [0.15, 0.2) is 0 Å². The van der Waals surface area contributed by atoms with E-state index in [2.05, 4.69) is 21.8 Å². The minimum absolute atomic E-state index is 0.0853. The molecule has 1 aromatic rings. The van der Waals surface area contributed by atoms with Crippen molar-refractivity contribution >= 4 is 10.0 Å². The molecule has 2 aliphatic rings.